The summed E-state index contributed by atoms with van der Waals surface area (Å²) in [5.41, 5.74) is 3.93. The molecule has 4 N–H and O–H groups in total. The van der Waals surface area contributed by atoms with Gasteiger partial charge in [0.1, 0.15) is 23.0 Å². The molecule has 4 aromatic rings. The zero-order chi connectivity index (χ0) is 46.7. The number of rotatable bonds is 12. The number of piperidine rings is 3. The number of ether oxygens (including phenoxy) is 2. The number of likely N-dealkylation sites (N-methyl/N-ethyl adjacent to an activating group) is 1. The Morgan fingerprint density at radius 1 is 1.02 bits per heavy atom. The molecule has 66 heavy (non-hydrogen) atoms. The number of fused-ring (bicyclic) bond motifs is 2. The van der Waals surface area contributed by atoms with E-state index in [0.717, 1.165) is 92.8 Å². The van der Waals surface area contributed by atoms with Crippen LogP contribution in [0.2, 0.25) is 5.02 Å². The van der Waals surface area contributed by atoms with E-state index in [1.165, 1.54) is 7.05 Å². The Hall–Kier alpha value is -5.65. The van der Waals surface area contributed by atoms with Gasteiger partial charge >= 0.3 is 0 Å². The Morgan fingerprint density at radius 2 is 1.76 bits per heavy atom. The lowest BCUT2D eigenvalue weighted by molar-refractivity contribution is -0.132. The number of nitrogens with zero attached hydrogens (tertiary/aromatic N) is 7. The second kappa shape index (κ2) is 17.9. The van der Waals surface area contributed by atoms with Gasteiger partial charge in [0.2, 0.25) is 11.9 Å². The van der Waals surface area contributed by atoms with Crippen molar-refractivity contribution in [3.63, 3.8) is 0 Å². The van der Waals surface area contributed by atoms with Crippen molar-refractivity contribution in [3.05, 3.63) is 69.1 Å². The zero-order valence-electron chi connectivity index (χ0n) is 38.7. The van der Waals surface area contributed by atoms with Crippen molar-refractivity contribution in [2.45, 2.75) is 96.6 Å². The molecule has 5 aliphatic heterocycles. The number of carbonyl (C=O) groups is 3. The van der Waals surface area contributed by atoms with Gasteiger partial charge in [0.15, 0.2) is 18.2 Å². The van der Waals surface area contributed by atoms with Crippen molar-refractivity contribution < 1.29 is 29.0 Å². The number of carbonyl (C=O) groups excluding carboxylic acids is 3. The minimum absolute atomic E-state index is 0.00752. The molecule has 2 aromatic carbocycles. The number of halogens is 1. The number of hydrogen-bond acceptors (Lipinski definition) is 13. The van der Waals surface area contributed by atoms with Crippen LogP contribution < -0.4 is 40.8 Å². The van der Waals surface area contributed by atoms with Crippen molar-refractivity contribution in [3.8, 4) is 11.5 Å². The molecule has 0 radical (unpaired) electrons. The number of aliphatic hydroxyl groups excluding tert-OH is 1. The Bertz CT molecular complexity index is 2600. The van der Waals surface area contributed by atoms with Crippen LogP contribution in [0.1, 0.15) is 88.2 Å². The Morgan fingerprint density at radius 3 is 2.44 bits per heavy atom. The first-order valence-electron chi connectivity index (χ1n) is 23.2. The molecule has 0 bridgehead atoms. The predicted molar refractivity (Wildman–Crippen MR) is 253 cm³/mol. The number of methoxy groups -OCH3 is 1. The van der Waals surface area contributed by atoms with Gasteiger partial charge in [-0.3, -0.25) is 24.1 Å². The molecule has 17 nitrogen and oxygen atoms in total. The highest BCUT2D eigenvalue weighted by Gasteiger charge is 2.50. The first-order valence-corrected chi connectivity index (χ1v) is 23.5. The van der Waals surface area contributed by atoms with Gasteiger partial charge < -0.3 is 49.8 Å². The maximum absolute atomic E-state index is 13.7. The number of pyridine rings is 1. The quantitative estimate of drug-likeness (QED) is 0.148. The van der Waals surface area contributed by atoms with Gasteiger partial charge in [0, 0.05) is 85.2 Å². The van der Waals surface area contributed by atoms with Crippen LogP contribution in [0, 0.1) is 11.3 Å². The van der Waals surface area contributed by atoms with Gasteiger partial charge in [0.25, 0.3) is 17.4 Å². The van der Waals surface area contributed by atoms with Crippen molar-refractivity contribution >= 4 is 63.4 Å². The average molecular weight is 926 g/mol. The third kappa shape index (κ3) is 8.49. The lowest BCUT2D eigenvalue weighted by Crippen LogP contribution is -2.63. The van der Waals surface area contributed by atoms with Crippen LogP contribution in [0.25, 0.3) is 10.9 Å². The lowest BCUT2D eigenvalue weighted by atomic mass is 9.69. The van der Waals surface area contributed by atoms with Gasteiger partial charge in [-0.1, -0.05) is 11.6 Å². The summed E-state index contributed by atoms with van der Waals surface area (Å²) in [7, 11) is 3.14. The minimum Gasteiger partial charge on any atom is -0.497 e. The van der Waals surface area contributed by atoms with Crippen LogP contribution in [-0.4, -0.2) is 125 Å². The summed E-state index contributed by atoms with van der Waals surface area (Å²) in [5, 5.41) is 19.6. The predicted octanol–water partition coefficient (Wildman–Crippen LogP) is 5.05. The fraction of sp³-hybridized carbons (Fsp3) is 0.542. The highest BCUT2D eigenvalue weighted by Crippen LogP contribution is 2.48. The van der Waals surface area contributed by atoms with Crippen LogP contribution in [0.3, 0.4) is 0 Å². The molecule has 2 aromatic heterocycles. The summed E-state index contributed by atoms with van der Waals surface area (Å²) in [5.74, 6) is 1.52. The lowest BCUT2D eigenvalue weighted by Gasteiger charge is -2.58. The fourth-order valence-corrected chi connectivity index (χ4v) is 11.1. The molecule has 9 rings (SSSR count). The SMILES string of the molecule is CNC(=O)COc1cc2cc(Nc3nc(N4CCC(C(C)(C)N5CCC6(CC5)CN(c5cc(OC)cc7c5CN(C5CCC(O)NC5=O)C7=O)C6)CC4)ncc3Cl)ccc2n(C(C)C)c1=O. The number of hydrogen-bond donors (Lipinski definition) is 4. The van der Waals surface area contributed by atoms with Gasteiger partial charge in [-0.15, -0.1) is 0 Å². The van der Waals surface area contributed by atoms with E-state index in [0.29, 0.717) is 53.4 Å². The molecule has 352 valence electrons. The molecule has 3 amide bonds. The number of likely N-dealkylation sites (tertiary alicyclic amines) is 1. The highest BCUT2D eigenvalue weighted by molar-refractivity contribution is 6.33. The summed E-state index contributed by atoms with van der Waals surface area (Å²) in [6.45, 7) is 14.3. The van der Waals surface area contributed by atoms with E-state index < -0.39 is 12.3 Å². The van der Waals surface area contributed by atoms with Crippen LogP contribution >= 0.6 is 11.6 Å². The highest BCUT2D eigenvalue weighted by atomic mass is 35.5. The largest absolute Gasteiger partial charge is 0.497 e. The first-order chi connectivity index (χ1) is 31.6. The summed E-state index contributed by atoms with van der Waals surface area (Å²) >= 11 is 6.67. The third-order valence-corrected chi connectivity index (χ3v) is 15.2. The molecular weight excluding hydrogens is 864 g/mol. The van der Waals surface area contributed by atoms with Crippen molar-refractivity contribution in [1.82, 2.24) is 35.0 Å². The molecule has 0 aliphatic carbocycles. The summed E-state index contributed by atoms with van der Waals surface area (Å²) in [4.78, 5) is 70.2. The standard InChI is InChI=1S/C48H61ClN10O7/c1-28(2)59-36-8-7-31(19-29(36)20-39(45(59)64)66-25-41(61)50-5)52-42-35(49)23-51-46(54-42)55-15-11-30(12-16-55)47(3,4)57-17-13-48(14-18-57)26-56(27-48)38-22-32(65-6)21-33-34(38)24-58(44(33)63)37-9-10-40(60)53-43(37)62/h7-8,19-23,28,30,37,40,60H,9-18,24-27H2,1-6H3,(H,50,61)(H,53,62)(H,51,52,54). The number of amides is 3. The van der Waals surface area contributed by atoms with Gasteiger partial charge in [-0.05, 0) is 116 Å². The van der Waals surface area contributed by atoms with Crippen LogP contribution in [0.15, 0.2) is 47.4 Å². The number of aliphatic hydroxyl groups is 1. The van der Waals surface area contributed by atoms with E-state index in [4.69, 9.17) is 26.1 Å². The second-order valence-corrected chi connectivity index (χ2v) is 19.9. The maximum atomic E-state index is 13.7. The average Bonchev–Trinajstić information content (AvgIpc) is 3.62. The van der Waals surface area contributed by atoms with Gasteiger partial charge in [-0.2, -0.15) is 4.98 Å². The number of aromatic nitrogens is 3. The van der Waals surface area contributed by atoms with Crippen LogP contribution in [0.4, 0.5) is 23.1 Å². The Balaban J connectivity index is 0.810. The van der Waals surface area contributed by atoms with E-state index >= 15 is 0 Å². The topological polar surface area (TPSA) is 187 Å². The van der Waals surface area contributed by atoms with Crippen LogP contribution in [0.5, 0.6) is 11.5 Å². The summed E-state index contributed by atoms with van der Waals surface area (Å²) < 4.78 is 13.0. The number of anilines is 4. The molecule has 1 spiro atoms. The van der Waals surface area contributed by atoms with Crippen LogP contribution in [-0.2, 0) is 16.1 Å². The molecule has 7 heterocycles. The Labute approximate surface area is 389 Å². The smallest absolute Gasteiger partial charge is 0.293 e. The van der Waals surface area contributed by atoms with Crippen molar-refractivity contribution in [2.75, 3.05) is 75.1 Å². The van der Waals surface area contributed by atoms with E-state index in [9.17, 15) is 24.3 Å². The first kappa shape index (κ1) is 45.5. The zero-order valence-corrected chi connectivity index (χ0v) is 39.4. The molecular formula is C48H61ClN10O7. The van der Waals surface area contributed by atoms with Crippen molar-refractivity contribution in [1.29, 1.82) is 0 Å². The molecule has 18 heteroatoms. The molecule has 0 saturated carbocycles. The van der Waals surface area contributed by atoms with E-state index in [1.807, 2.05) is 38.1 Å². The minimum atomic E-state index is -0.872. The maximum Gasteiger partial charge on any atom is 0.293 e. The fourth-order valence-electron chi connectivity index (χ4n) is 10.9. The van der Waals surface area contributed by atoms with E-state index in [-0.39, 0.29) is 52.6 Å². The molecule has 4 saturated heterocycles. The van der Waals surface area contributed by atoms with E-state index in [2.05, 4.69) is 49.5 Å². The number of benzene rings is 2. The van der Waals surface area contributed by atoms with Gasteiger partial charge in [0.05, 0.1) is 24.4 Å². The second-order valence-electron chi connectivity index (χ2n) is 19.5. The van der Waals surface area contributed by atoms with Crippen molar-refractivity contribution in [2.24, 2.45) is 11.3 Å². The normalized spacial score (nSPS) is 21.3. The van der Waals surface area contributed by atoms with Gasteiger partial charge in [-0.25, -0.2) is 4.98 Å². The molecule has 5 aliphatic rings. The molecule has 2 atom stereocenters. The third-order valence-electron chi connectivity index (χ3n) is 14.9. The Kier molecular flexibility index (Phi) is 12.3. The molecule has 2 unspecified atom stereocenters. The summed E-state index contributed by atoms with van der Waals surface area (Å²) in [6.07, 6.45) is 5.81. The molecule has 4 fully saturated rings. The van der Waals surface area contributed by atoms with E-state index in [1.54, 1.807) is 34.9 Å². The number of nitrogens with one attached hydrogen (secondary N) is 3. The monoisotopic (exact) mass is 924 g/mol. The summed E-state index contributed by atoms with van der Waals surface area (Å²) in [6, 6.07) is 10.4.